The van der Waals surface area contributed by atoms with Crippen LogP contribution in [0.5, 0.6) is 0 Å². The van der Waals surface area contributed by atoms with Crippen molar-refractivity contribution in [3.05, 3.63) is 51.5 Å². The van der Waals surface area contributed by atoms with Crippen LogP contribution >= 0.6 is 11.3 Å². The van der Waals surface area contributed by atoms with E-state index >= 15 is 0 Å². The lowest BCUT2D eigenvalue weighted by Crippen LogP contribution is -2.11. The Labute approximate surface area is 156 Å². The van der Waals surface area contributed by atoms with Crippen molar-refractivity contribution in [2.24, 2.45) is 0 Å². The Balaban J connectivity index is 1.58. The topological polar surface area (TPSA) is 68.0 Å². The summed E-state index contributed by atoms with van der Waals surface area (Å²) in [6.45, 7) is 1.75. The molecule has 1 amide bonds. The van der Waals surface area contributed by atoms with Crippen LogP contribution in [0.2, 0.25) is 0 Å². The van der Waals surface area contributed by atoms with Crippen LogP contribution in [0, 0.1) is 6.92 Å². The fourth-order valence-electron chi connectivity index (χ4n) is 3.32. The molecule has 0 spiro atoms. The summed E-state index contributed by atoms with van der Waals surface area (Å²) >= 11 is 1.63. The second-order valence-electron chi connectivity index (χ2n) is 6.60. The maximum absolute atomic E-state index is 12.8. The van der Waals surface area contributed by atoms with E-state index < -0.39 is 0 Å². The molecule has 1 N–H and O–H groups in total. The van der Waals surface area contributed by atoms with Crippen LogP contribution in [-0.2, 0) is 12.8 Å². The van der Waals surface area contributed by atoms with Crippen LogP contribution in [0.3, 0.4) is 0 Å². The maximum atomic E-state index is 12.8. The van der Waals surface area contributed by atoms with Gasteiger partial charge in [0.15, 0.2) is 0 Å². The van der Waals surface area contributed by atoms with Crippen LogP contribution in [0.4, 0.5) is 5.69 Å². The van der Waals surface area contributed by atoms with E-state index in [1.807, 2.05) is 24.3 Å². The third kappa shape index (κ3) is 3.55. The molecule has 0 unspecified atom stereocenters. The van der Waals surface area contributed by atoms with Crippen molar-refractivity contribution in [2.75, 3.05) is 5.32 Å². The molecule has 2 aromatic heterocycles. The van der Waals surface area contributed by atoms with Crippen molar-refractivity contribution >= 4 is 22.9 Å². The Kier molecular flexibility index (Phi) is 4.84. The fourth-order valence-corrected chi connectivity index (χ4v) is 4.47. The first-order valence-electron chi connectivity index (χ1n) is 9.03. The SMILES string of the molecule is Cc1nnc(-c2ccccc2NC(=O)c2cc3c(s2)CCCCCC3)o1. The smallest absolute Gasteiger partial charge is 0.265 e. The van der Waals surface area contributed by atoms with E-state index in [1.165, 1.54) is 36.1 Å². The first kappa shape index (κ1) is 17.0. The minimum absolute atomic E-state index is 0.0783. The van der Waals surface area contributed by atoms with Gasteiger partial charge in [-0.2, -0.15) is 0 Å². The number of para-hydroxylation sites is 1. The van der Waals surface area contributed by atoms with Gasteiger partial charge in [0.1, 0.15) is 0 Å². The third-order valence-corrected chi connectivity index (χ3v) is 5.89. The molecule has 0 atom stereocenters. The number of rotatable bonds is 3. The van der Waals surface area contributed by atoms with Crippen LogP contribution in [-0.4, -0.2) is 16.1 Å². The first-order valence-corrected chi connectivity index (χ1v) is 9.85. The van der Waals surface area contributed by atoms with Gasteiger partial charge in [-0.05, 0) is 49.4 Å². The number of amides is 1. The zero-order valence-corrected chi connectivity index (χ0v) is 15.6. The van der Waals surface area contributed by atoms with Gasteiger partial charge in [0.05, 0.1) is 16.1 Å². The molecular formula is C20H21N3O2S. The van der Waals surface area contributed by atoms with Crippen LogP contribution in [0.1, 0.15) is 51.7 Å². The first-order chi connectivity index (χ1) is 12.7. The van der Waals surface area contributed by atoms with Crippen molar-refractivity contribution in [1.82, 2.24) is 10.2 Å². The number of aromatic nitrogens is 2. The van der Waals surface area contributed by atoms with E-state index in [-0.39, 0.29) is 5.91 Å². The van der Waals surface area contributed by atoms with Gasteiger partial charge in [-0.3, -0.25) is 4.79 Å². The number of aryl methyl sites for hydroxylation is 3. The number of hydrogen-bond donors (Lipinski definition) is 1. The number of thiophene rings is 1. The van der Waals surface area contributed by atoms with E-state index in [0.717, 1.165) is 23.3 Å². The molecule has 4 rings (SSSR count). The summed E-state index contributed by atoms with van der Waals surface area (Å²) in [6, 6.07) is 9.57. The second kappa shape index (κ2) is 7.41. The standard InChI is InChI=1S/C20H21N3O2S/c1-13-22-23-20(25-13)15-9-6-7-10-16(15)21-19(24)18-12-14-8-4-2-3-5-11-17(14)26-18/h6-7,9-10,12H,2-5,8,11H2,1H3,(H,21,24). The van der Waals surface area contributed by atoms with Crippen LogP contribution < -0.4 is 5.32 Å². The van der Waals surface area contributed by atoms with Gasteiger partial charge in [-0.15, -0.1) is 21.5 Å². The highest BCUT2D eigenvalue weighted by Gasteiger charge is 2.18. The third-order valence-electron chi connectivity index (χ3n) is 4.65. The zero-order valence-electron chi connectivity index (χ0n) is 14.7. The summed E-state index contributed by atoms with van der Waals surface area (Å²) in [4.78, 5) is 15.0. The van der Waals surface area contributed by atoms with E-state index in [9.17, 15) is 4.79 Å². The number of benzene rings is 1. The number of fused-ring (bicyclic) bond motifs is 1. The van der Waals surface area contributed by atoms with Gasteiger partial charge in [0, 0.05) is 11.8 Å². The minimum Gasteiger partial charge on any atom is -0.421 e. The Morgan fingerprint density at radius 3 is 2.73 bits per heavy atom. The molecule has 1 aliphatic carbocycles. The molecule has 1 aliphatic rings. The predicted octanol–water partition coefficient (Wildman–Crippen LogP) is 5.02. The molecule has 0 radical (unpaired) electrons. The minimum atomic E-state index is -0.0783. The monoisotopic (exact) mass is 367 g/mol. The Morgan fingerprint density at radius 2 is 1.92 bits per heavy atom. The molecule has 0 saturated carbocycles. The molecule has 134 valence electrons. The summed E-state index contributed by atoms with van der Waals surface area (Å²) in [5.41, 5.74) is 2.76. The normalized spacial score (nSPS) is 14.3. The van der Waals surface area contributed by atoms with Crippen molar-refractivity contribution in [2.45, 2.75) is 45.4 Å². The summed E-state index contributed by atoms with van der Waals surface area (Å²) in [5, 5.41) is 11.0. The van der Waals surface area contributed by atoms with Crippen molar-refractivity contribution in [3.8, 4) is 11.5 Å². The largest absolute Gasteiger partial charge is 0.421 e. The molecule has 0 aliphatic heterocycles. The quantitative estimate of drug-likeness (QED) is 0.706. The van der Waals surface area contributed by atoms with Crippen molar-refractivity contribution in [1.29, 1.82) is 0 Å². The lowest BCUT2D eigenvalue weighted by atomic mass is 10.00. The van der Waals surface area contributed by atoms with Crippen molar-refractivity contribution in [3.63, 3.8) is 0 Å². The maximum Gasteiger partial charge on any atom is 0.265 e. The van der Waals surface area contributed by atoms with Gasteiger partial charge in [0.25, 0.3) is 5.91 Å². The number of hydrogen-bond acceptors (Lipinski definition) is 5. The molecule has 5 nitrogen and oxygen atoms in total. The number of nitrogens with zero attached hydrogens (tertiary/aromatic N) is 2. The molecule has 3 aromatic rings. The number of carbonyl (C=O) groups is 1. The molecule has 0 bridgehead atoms. The summed E-state index contributed by atoms with van der Waals surface area (Å²) in [7, 11) is 0. The fraction of sp³-hybridized carbons (Fsp3) is 0.350. The Bertz CT molecular complexity index is 903. The van der Waals surface area contributed by atoms with Crippen LogP contribution in [0.15, 0.2) is 34.7 Å². The van der Waals surface area contributed by atoms with Gasteiger partial charge < -0.3 is 9.73 Å². The Morgan fingerprint density at radius 1 is 1.12 bits per heavy atom. The zero-order chi connectivity index (χ0) is 17.9. The average Bonchev–Trinajstić information content (AvgIpc) is 3.22. The lowest BCUT2D eigenvalue weighted by Gasteiger charge is -2.07. The molecule has 0 fully saturated rings. The molecule has 1 aromatic carbocycles. The predicted molar refractivity (Wildman–Crippen MR) is 103 cm³/mol. The molecule has 0 saturated heterocycles. The number of nitrogens with one attached hydrogen (secondary N) is 1. The number of anilines is 1. The van der Waals surface area contributed by atoms with E-state index in [1.54, 1.807) is 18.3 Å². The summed E-state index contributed by atoms with van der Waals surface area (Å²) in [6.07, 6.45) is 7.17. The van der Waals surface area contributed by atoms with E-state index in [0.29, 0.717) is 17.5 Å². The van der Waals surface area contributed by atoms with Crippen LogP contribution in [0.25, 0.3) is 11.5 Å². The van der Waals surface area contributed by atoms with Gasteiger partial charge >= 0.3 is 0 Å². The molecule has 26 heavy (non-hydrogen) atoms. The van der Waals surface area contributed by atoms with E-state index in [2.05, 4.69) is 21.6 Å². The van der Waals surface area contributed by atoms with Gasteiger partial charge in [-0.25, -0.2) is 0 Å². The lowest BCUT2D eigenvalue weighted by molar-refractivity contribution is 0.103. The molecular weight excluding hydrogens is 346 g/mol. The molecule has 2 heterocycles. The summed E-state index contributed by atoms with van der Waals surface area (Å²) in [5.74, 6) is 0.835. The number of carbonyl (C=O) groups excluding carboxylic acids is 1. The average molecular weight is 367 g/mol. The highest BCUT2D eigenvalue weighted by atomic mass is 32.1. The highest BCUT2D eigenvalue weighted by molar-refractivity contribution is 7.14. The Hall–Kier alpha value is -2.47. The molecule has 6 heteroatoms. The summed E-state index contributed by atoms with van der Waals surface area (Å²) < 4.78 is 5.52. The van der Waals surface area contributed by atoms with Gasteiger partial charge in [-0.1, -0.05) is 25.0 Å². The second-order valence-corrected chi connectivity index (χ2v) is 7.74. The van der Waals surface area contributed by atoms with Gasteiger partial charge in [0.2, 0.25) is 11.8 Å². The highest BCUT2D eigenvalue weighted by Crippen LogP contribution is 2.31. The van der Waals surface area contributed by atoms with E-state index in [4.69, 9.17) is 4.42 Å². The van der Waals surface area contributed by atoms with Crippen molar-refractivity contribution < 1.29 is 9.21 Å².